The number of nitrogens with zero attached hydrogens (tertiary/aromatic N) is 1. The minimum Gasteiger partial charge on any atom is -0.355 e. The van der Waals surface area contributed by atoms with Crippen molar-refractivity contribution in [3.8, 4) is 0 Å². The molecule has 0 aromatic heterocycles. The van der Waals surface area contributed by atoms with E-state index in [1.54, 1.807) is 0 Å². The highest BCUT2D eigenvalue weighted by Gasteiger charge is 2.68. The highest BCUT2D eigenvalue weighted by Crippen LogP contribution is 2.68. The second kappa shape index (κ2) is 6.75. The quantitative estimate of drug-likeness (QED) is 0.817. The molecule has 1 heterocycles. The van der Waals surface area contributed by atoms with Gasteiger partial charge in [-0.2, -0.15) is 0 Å². The number of carbonyl (C=O) groups excluding carboxylic acids is 2. The lowest BCUT2D eigenvalue weighted by molar-refractivity contribution is -0.137. The van der Waals surface area contributed by atoms with Crippen molar-refractivity contribution in [1.29, 1.82) is 0 Å². The summed E-state index contributed by atoms with van der Waals surface area (Å²) < 4.78 is 0. The lowest BCUT2D eigenvalue weighted by atomic mass is 9.96. The molecule has 2 amide bonds. The second-order valence-corrected chi connectivity index (χ2v) is 7.58. The number of likely N-dealkylation sites (tertiary alicyclic amines) is 1. The van der Waals surface area contributed by atoms with E-state index >= 15 is 0 Å². The summed E-state index contributed by atoms with van der Waals surface area (Å²) in [6, 6.07) is 0. The number of nitrogens with two attached hydrogens (primary N) is 1. The van der Waals surface area contributed by atoms with Gasteiger partial charge < -0.3 is 16.0 Å². The molecule has 0 aromatic carbocycles. The van der Waals surface area contributed by atoms with Crippen LogP contribution in [-0.4, -0.2) is 42.9 Å². The van der Waals surface area contributed by atoms with Crippen LogP contribution in [0.5, 0.6) is 0 Å². The maximum atomic E-state index is 12.7. The van der Waals surface area contributed by atoms with E-state index in [1.807, 2.05) is 4.90 Å². The first-order chi connectivity index (χ1) is 9.73. The first-order valence-corrected chi connectivity index (χ1v) is 8.00. The van der Waals surface area contributed by atoms with E-state index in [0.717, 1.165) is 19.4 Å². The predicted molar refractivity (Wildman–Crippen MR) is 89.7 cm³/mol. The van der Waals surface area contributed by atoms with Gasteiger partial charge in [0.1, 0.15) is 0 Å². The van der Waals surface area contributed by atoms with Crippen molar-refractivity contribution in [1.82, 2.24) is 10.2 Å². The van der Waals surface area contributed by atoms with Crippen molar-refractivity contribution >= 4 is 24.2 Å². The second-order valence-electron chi connectivity index (χ2n) is 7.58. The highest BCUT2D eigenvalue weighted by atomic mass is 35.5. The molecule has 128 valence electrons. The Hall–Kier alpha value is -0.810. The summed E-state index contributed by atoms with van der Waals surface area (Å²) in [4.78, 5) is 26.7. The van der Waals surface area contributed by atoms with Crippen LogP contribution in [0.15, 0.2) is 0 Å². The molecule has 2 aliphatic rings. The van der Waals surface area contributed by atoms with Crippen LogP contribution in [0.4, 0.5) is 0 Å². The number of hydrogen-bond donors (Lipinski definition) is 2. The topological polar surface area (TPSA) is 75.4 Å². The lowest BCUT2D eigenvalue weighted by Gasteiger charge is -2.32. The van der Waals surface area contributed by atoms with E-state index < -0.39 is 0 Å². The molecule has 0 radical (unpaired) electrons. The molecule has 3 N–H and O–H groups in total. The molecule has 2 fully saturated rings. The Balaban J connectivity index is 0.00000242. The van der Waals surface area contributed by atoms with Gasteiger partial charge in [0.15, 0.2) is 0 Å². The van der Waals surface area contributed by atoms with Gasteiger partial charge in [-0.3, -0.25) is 9.59 Å². The van der Waals surface area contributed by atoms with Crippen molar-refractivity contribution < 1.29 is 9.59 Å². The van der Waals surface area contributed by atoms with E-state index in [2.05, 4.69) is 33.0 Å². The number of rotatable bonds is 4. The van der Waals surface area contributed by atoms with E-state index in [9.17, 15) is 9.59 Å². The van der Waals surface area contributed by atoms with Crippen LogP contribution in [0.3, 0.4) is 0 Å². The third-order valence-corrected chi connectivity index (χ3v) is 5.82. The molecule has 5 nitrogen and oxygen atoms in total. The summed E-state index contributed by atoms with van der Waals surface area (Å²) in [7, 11) is 0. The first kappa shape index (κ1) is 19.2. The third kappa shape index (κ3) is 3.25. The van der Waals surface area contributed by atoms with Crippen LogP contribution in [0.1, 0.15) is 40.5 Å². The molecule has 2 rings (SSSR count). The maximum Gasteiger partial charge on any atom is 0.226 e. The van der Waals surface area contributed by atoms with E-state index in [-0.39, 0.29) is 46.9 Å². The third-order valence-electron chi connectivity index (χ3n) is 5.82. The summed E-state index contributed by atoms with van der Waals surface area (Å²) in [6.07, 6.45) is 1.76. The van der Waals surface area contributed by atoms with Gasteiger partial charge in [0.05, 0.1) is 5.92 Å². The molecule has 0 bridgehead atoms. The fourth-order valence-electron chi connectivity index (χ4n) is 3.73. The van der Waals surface area contributed by atoms with Crippen molar-refractivity contribution in [2.24, 2.45) is 28.4 Å². The minimum absolute atomic E-state index is 0. The molecule has 6 heteroatoms. The summed E-state index contributed by atoms with van der Waals surface area (Å²) in [5.41, 5.74) is 5.52. The van der Waals surface area contributed by atoms with E-state index in [0.29, 0.717) is 19.6 Å². The number of piperidine rings is 1. The van der Waals surface area contributed by atoms with Crippen LogP contribution in [0.2, 0.25) is 0 Å². The Morgan fingerprint density at radius 2 is 1.82 bits per heavy atom. The molecule has 22 heavy (non-hydrogen) atoms. The first-order valence-electron chi connectivity index (χ1n) is 8.00. The monoisotopic (exact) mass is 331 g/mol. The predicted octanol–water partition coefficient (Wildman–Crippen LogP) is 1.40. The number of carbonyl (C=O) groups is 2. The van der Waals surface area contributed by atoms with Crippen molar-refractivity contribution in [3.05, 3.63) is 0 Å². The average Bonchev–Trinajstić information content (AvgIpc) is 2.85. The van der Waals surface area contributed by atoms with E-state index in [1.165, 1.54) is 0 Å². The van der Waals surface area contributed by atoms with Gasteiger partial charge in [0.2, 0.25) is 11.8 Å². The standard InChI is InChI=1S/C16H29N3O2.ClH/c1-15(2)12(16(15,3)4)14(21)19-9-5-6-11(10-19)13(20)18-8-7-17;/h11-12H,5-10,17H2,1-4H3,(H,18,20);1H. The number of hydrogen-bond acceptors (Lipinski definition) is 3. The van der Waals surface area contributed by atoms with Crippen LogP contribution in [-0.2, 0) is 9.59 Å². The molecule has 1 unspecified atom stereocenters. The Labute approximate surface area is 139 Å². The summed E-state index contributed by atoms with van der Waals surface area (Å²) in [5, 5.41) is 2.84. The fraction of sp³-hybridized carbons (Fsp3) is 0.875. The summed E-state index contributed by atoms with van der Waals surface area (Å²) in [5.74, 6) is 0.253. The number of amides is 2. The van der Waals surface area contributed by atoms with Gasteiger partial charge >= 0.3 is 0 Å². The molecular weight excluding hydrogens is 302 g/mol. The summed E-state index contributed by atoms with van der Waals surface area (Å²) >= 11 is 0. The van der Waals surface area contributed by atoms with E-state index in [4.69, 9.17) is 5.73 Å². The Morgan fingerprint density at radius 3 is 2.32 bits per heavy atom. The number of halogens is 1. The zero-order valence-corrected chi connectivity index (χ0v) is 15.0. The highest BCUT2D eigenvalue weighted by molar-refractivity contribution is 5.86. The largest absolute Gasteiger partial charge is 0.355 e. The molecule has 0 aromatic rings. The fourth-order valence-corrected chi connectivity index (χ4v) is 3.73. The Bertz CT molecular complexity index is 423. The molecular formula is C16H30ClN3O2. The molecule has 1 saturated heterocycles. The van der Waals surface area contributed by atoms with Crippen LogP contribution >= 0.6 is 12.4 Å². The minimum atomic E-state index is -0.0841. The van der Waals surface area contributed by atoms with Gasteiger partial charge in [0, 0.05) is 32.1 Å². The Morgan fingerprint density at radius 1 is 1.23 bits per heavy atom. The Kier molecular flexibility index (Phi) is 5.90. The van der Waals surface area contributed by atoms with Gasteiger partial charge in [0.25, 0.3) is 0 Å². The molecule has 1 saturated carbocycles. The molecule has 1 aliphatic heterocycles. The van der Waals surface area contributed by atoms with Crippen molar-refractivity contribution in [3.63, 3.8) is 0 Å². The van der Waals surface area contributed by atoms with Gasteiger partial charge in [-0.05, 0) is 23.7 Å². The molecule has 1 aliphatic carbocycles. The van der Waals surface area contributed by atoms with Crippen molar-refractivity contribution in [2.75, 3.05) is 26.2 Å². The zero-order chi connectivity index (χ0) is 15.8. The zero-order valence-electron chi connectivity index (χ0n) is 14.1. The van der Waals surface area contributed by atoms with Crippen LogP contribution in [0, 0.1) is 22.7 Å². The molecule has 0 spiro atoms. The maximum absolute atomic E-state index is 12.7. The van der Waals surface area contributed by atoms with Crippen molar-refractivity contribution in [2.45, 2.75) is 40.5 Å². The lowest BCUT2D eigenvalue weighted by Crippen LogP contribution is -2.47. The normalized spacial score (nSPS) is 26.0. The molecule has 1 atom stereocenters. The smallest absolute Gasteiger partial charge is 0.226 e. The van der Waals surface area contributed by atoms with Gasteiger partial charge in [-0.25, -0.2) is 0 Å². The number of nitrogens with one attached hydrogen (secondary N) is 1. The average molecular weight is 332 g/mol. The summed E-state index contributed by atoms with van der Waals surface area (Å²) in [6.45, 7) is 10.9. The van der Waals surface area contributed by atoms with Gasteiger partial charge in [-0.15, -0.1) is 12.4 Å². The van der Waals surface area contributed by atoms with Gasteiger partial charge in [-0.1, -0.05) is 27.7 Å². The van der Waals surface area contributed by atoms with Crippen LogP contribution < -0.4 is 11.1 Å². The van der Waals surface area contributed by atoms with Crippen LogP contribution in [0.25, 0.3) is 0 Å². The SMILES string of the molecule is CC1(C)C(C(=O)N2CCCC(C(=O)NCCN)C2)C1(C)C.Cl.